The van der Waals surface area contributed by atoms with Gasteiger partial charge in [-0.3, -0.25) is 9.69 Å². The van der Waals surface area contributed by atoms with E-state index < -0.39 is 12.1 Å². The lowest BCUT2D eigenvalue weighted by Crippen LogP contribution is -2.45. The summed E-state index contributed by atoms with van der Waals surface area (Å²) in [5, 5.41) is 10.5. The number of amides is 1. The number of rotatable bonds is 3. The molecule has 1 unspecified atom stereocenters. The Morgan fingerprint density at radius 2 is 1.84 bits per heavy atom. The van der Waals surface area contributed by atoms with E-state index in [0.29, 0.717) is 0 Å². The molecule has 0 radical (unpaired) electrons. The average molecular weight is 464 g/mol. The van der Waals surface area contributed by atoms with Gasteiger partial charge in [-0.1, -0.05) is 0 Å². The predicted molar refractivity (Wildman–Crippen MR) is 108 cm³/mol. The highest BCUT2D eigenvalue weighted by atomic mass is 32.1. The van der Waals surface area contributed by atoms with Crippen LogP contribution in [-0.4, -0.2) is 75.8 Å². The molecular weight excluding hydrogens is 435 g/mol. The van der Waals surface area contributed by atoms with E-state index in [-0.39, 0.29) is 17.6 Å². The number of carboxylic acids is 1. The highest BCUT2D eigenvalue weighted by molar-refractivity contribution is 7.09. The first-order chi connectivity index (χ1) is 14.6. The van der Waals surface area contributed by atoms with E-state index >= 15 is 0 Å². The summed E-state index contributed by atoms with van der Waals surface area (Å²) < 4.78 is 38.1. The Bertz CT molecular complexity index is 772. The highest BCUT2D eigenvalue weighted by Gasteiger charge is 2.45. The molecule has 174 valence electrons. The molecule has 1 aromatic heterocycles. The van der Waals surface area contributed by atoms with Crippen LogP contribution in [-0.2, 0) is 20.9 Å². The molecule has 0 bridgehead atoms. The number of hydrogen-bond acceptors (Lipinski definition) is 6. The summed E-state index contributed by atoms with van der Waals surface area (Å²) in [6.45, 7) is 6.94. The monoisotopic (exact) mass is 463 g/mol. The molecule has 1 amide bonds. The van der Waals surface area contributed by atoms with Gasteiger partial charge in [-0.25, -0.2) is 9.78 Å². The third-order valence-electron chi connectivity index (χ3n) is 5.98. The Morgan fingerprint density at radius 3 is 2.35 bits per heavy atom. The molecule has 3 aliphatic heterocycles. The number of carbonyl (C=O) groups is 2. The fraction of sp³-hybridized carbons (Fsp3) is 0.750. The fourth-order valence-electron chi connectivity index (χ4n) is 4.28. The van der Waals surface area contributed by atoms with Crippen molar-refractivity contribution in [3.8, 4) is 0 Å². The zero-order valence-corrected chi connectivity index (χ0v) is 18.3. The molecule has 3 aliphatic rings. The van der Waals surface area contributed by atoms with E-state index in [0.717, 1.165) is 76.9 Å². The summed E-state index contributed by atoms with van der Waals surface area (Å²) in [5.74, 6) is -2.52. The molecule has 3 fully saturated rings. The number of ether oxygens (including phenoxy) is 1. The standard InChI is InChI=1S/C18H27N3O2S.C2HF3O2/c1-14-13-24-16(19-14)12-20-10-6-18(7-11-20)5-4-15(23-18)17(22)21-8-2-3-9-21;3-2(4,5)1(6)7/h13,15H,2-12H2,1H3;(H,6,7). The summed E-state index contributed by atoms with van der Waals surface area (Å²) in [7, 11) is 0. The Balaban J connectivity index is 0.000000339. The van der Waals surface area contributed by atoms with E-state index in [9.17, 15) is 18.0 Å². The number of piperidine rings is 1. The topological polar surface area (TPSA) is 83.0 Å². The van der Waals surface area contributed by atoms with Crippen molar-refractivity contribution < 1.29 is 32.6 Å². The van der Waals surface area contributed by atoms with Crippen molar-refractivity contribution in [3.05, 3.63) is 16.1 Å². The number of nitrogens with zero attached hydrogens (tertiary/aromatic N) is 3. The van der Waals surface area contributed by atoms with E-state index in [1.165, 1.54) is 5.01 Å². The molecule has 4 heterocycles. The summed E-state index contributed by atoms with van der Waals surface area (Å²) in [4.78, 5) is 30.5. The number of likely N-dealkylation sites (tertiary alicyclic amines) is 2. The Kier molecular flexibility index (Phi) is 7.59. The molecule has 0 saturated carbocycles. The van der Waals surface area contributed by atoms with Crippen molar-refractivity contribution >= 4 is 23.2 Å². The summed E-state index contributed by atoms with van der Waals surface area (Å²) in [5.41, 5.74) is 1.07. The predicted octanol–water partition coefficient (Wildman–Crippen LogP) is 3.22. The largest absolute Gasteiger partial charge is 0.490 e. The number of carbonyl (C=O) groups excluding carboxylic acids is 1. The summed E-state index contributed by atoms with van der Waals surface area (Å²) in [6.07, 6.45) is 1.06. The molecule has 7 nitrogen and oxygen atoms in total. The van der Waals surface area contributed by atoms with Gasteiger partial charge in [0.2, 0.25) is 0 Å². The van der Waals surface area contributed by atoms with Crippen LogP contribution < -0.4 is 0 Å². The van der Waals surface area contributed by atoms with Crippen LogP contribution in [0.4, 0.5) is 13.2 Å². The molecule has 1 spiro atoms. The first-order valence-corrected chi connectivity index (χ1v) is 11.4. The van der Waals surface area contributed by atoms with Gasteiger partial charge in [-0.05, 0) is 45.4 Å². The maximum atomic E-state index is 12.6. The lowest BCUT2D eigenvalue weighted by Gasteiger charge is -2.39. The van der Waals surface area contributed by atoms with E-state index in [2.05, 4.69) is 22.2 Å². The molecule has 1 aromatic rings. The molecule has 3 saturated heterocycles. The van der Waals surface area contributed by atoms with Crippen LogP contribution in [0.5, 0.6) is 0 Å². The van der Waals surface area contributed by atoms with Crippen LogP contribution in [0.15, 0.2) is 5.38 Å². The zero-order chi connectivity index (χ0) is 22.6. The van der Waals surface area contributed by atoms with Crippen LogP contribution in [0, 0.1) is 6.92 Å². The SMILES string of the molecule is Cc1csc(CN2CCC3(CCC(C(=O)N4CCCC4)O3)CC2)n1.O=C(O)C(F)(F)F. The molecule has 0 aliphatic carbocycles. The van der Waals surface area contributed by atoms with Crippen molar-refractivity contribution in [2.75, 3.05) is 26.2 Å². The van der Waals surface area contributed by atoms with Gasteiger partial charge in [0.15, 0.2) is 0 Å². The maximum Gasteiger partial charge on any atom is 0.490 e. The minimum Gasteiger partial charge on any atom is -0.475 e. The van der Waals surface area contributed by atoms with Gasteiger partial charge in [0, 0.05) is 37.3 Å². The van der Waals surface area contributed by atoms with Crippen LogP contribution >= 0.6 is 11.3 Å². The number of carboxylic acid groups (broad SMARTS) is 1. The van der Waals surface area contributed by atoms with E-state index in [1.54, 1.807) is 11.3 Å². The second-order valence-electron chi connectivity index (χ2n) is 8.32. The van der Waals surface area contributed by atoms with Gasteiger partial charge in [-0.2, -0.15) is 13.2 Å². The number of hydrogen-bond donors (Lipinski definition) is 1. The second kappa shape index (κ2) is 9.83. The minimum absolute atomic E-state index is 0.0463. The van der Waals surface area contributed by atoms with Crippen LogP contribution in [0.3, 0.4) is 0 Å². The molecule has 31 heavy (non-hydrogen) atoms. The second-order valence-corrected chi connectivity index (χ2v) is 9.26. The Morgan fingerprint density at radius 1 is 1.23 bits per heavy atom. The quantitative estimate of drug-likeness (QED) is 0.741. The summed E-state index contributed by atoms with van der Waals surface area (Å²) >= 11 is 1.75. The lowest BCUT2D eigenvalue weighted by atomic mass is 9.88. The highest BCUT2D eigenvalue weighted by Crippen LogP contribution is 2.40. The number of aryl methyl sites for hydroxylation is 1. The number of thiazole rings is 1. The van der Waals surface area contributed by atoms with Crippen molar-refractivity contribution in [2.24, 2.45) is 0 Å². The Labute approximate surface area is 183 Å². The van der Waals surface area contributed by atoms with Crippen LogP contribution in [0.25, 0.3) is 0 Å². The van der Waals surface area contributed by atoms with Gasteiger partial charge in [0.05, 0.1) is 12.1 Å². The van der Waals surface area contributed by atoms with Gasteiger partial charge in [0.25, 0.3) is 5.91 Å². The van der Waals surface area contributed by atoms with Crippen molar-refractivity contribution in [2.45, 2.75) is 69.9 Å². The molecule has 0 aromatic carbocycles. The molecule has 4 rings (SSSR count). The third kappa shape index (κ3) is 6.39. The van der Waals surface area contributed by atoms with Crippen molar-refractivity contribution in [3.63, 3.8) is 0 Å². The smallest absolute Gasteiger partial charge is 0.475 e. The molecule has 1 N–H and O–H groups in total. The summed E-state index contributed by atoms with van der Waals surface area (Å²) in [6, 6.07) is 0. The van der Waals surface area contributed by atoms with E-state index in [4.69, 9.17) is 14.6 Å². The van der Waals surface area contributed by atoms with Gasteiger partial charge >= 0.3 is 12.1 Å². The van der Waals surface area contributed by atoms with Gasteiger partial charge < -0.3 is 14.7 Å². The van der Waals surface area contributed by atoms with Crippen LogP contribution in [0.1, 0.15) is 49.2 Å². The first kappa shape index (κ1) is 23.9. The number of aliphatic carboxylic acids is 1. The van der Waals surface area contributed by atoms with Crippen molar-refractivity contribution in [1.29, 1.82) is 0 Å². The Hall–Kier alpha value is -1.72. The molecule has 11 heteroatoms. The normalized spacial score (nSPS) is 23.6. The first-order valence-electron chi connectivity index (χ1n) is 10.5. The van der Waals surface area contributed by atoms with Gasteiger partial charge in [-0.15, -0.1) is 11.3 Å². The lowest BCUT2D eigenvalue weighted by molar-refractivity contribution is -0.192. The van der Waals surface area contributed by atoms with Crippen LogP contribution in [0.2, 0.25) is 0 Å². The fourth-order valence-corrected chi connectivity index (χ4v) is 5.10. The van der Waals surface area contributed by atoms with Crippen molar-refractivity contribution in [1.82, 2.24) is 14.8 Å². The van der Waals surface area contributed by atoms with Gasteiger partial charge in [0.1, 0.15) is 11.1 Å². The minimum atomic E-state index is -5.08. The number of halogens is 3. The molecule has 1 atom stereocenters. The van der Waals surface area contributed by atoms with E-state index in [1.807, 2.05) is 4.90 Å². The zero-order valence-electron chi connectivity index (χ0n) is 17.5. The number of alkyl halides is 3. The maximum absolute atomic E-state index is 12.6. The molecular formula is C20H28F3N3O4S. The number of aromatic nitrogens is 1. The average Bonchev–Trinajstić information content (AvgIpc) is 3.45. The third-order valence-corrected chi connectivity index (χ3v) is 6.93.